The van der Waals surface area contributed by atoms with E-state index in [-0.39, 0.29) is 5.92 Å². The van der Waals surface area contributed by atoms with Crippen molar-refractivity contribution in [2.45, 2.75) is 65.2 Å². The SMILES string of the molecule is CCCCCCC[C@H](CCC)C(=O)O. The van der Waals surface area contributed by atoms with Crippen molar-refractivity contribution in [3.05, 3.63) is 0 Å². The van der Waals surface area contributed by atoms with Crippen LogP contribution in [0.1, 0.15) is 65.2 Å². The van der Waals surface area contributed by atoms with Gasteiger partial charge >= 0.3 is 5.97 Å². The molecular weight excluding hydrogens is 176 g/mol. The third-order valence-electron chi connectivity index (χ3n) is 2.64. The number of hydrogen-bond acceptors (Lipinski definition) is 1. The van der Waals surface area contributed by atoms with Crippen molar-refractivity contribution in [1.29, 1.82) is 0 Å². The molecule has 2 heteroatoms. The molecule has 14 heavy (non-hydrogen) atoms. The van der Waals surface area contributed by atoms with E-state index in [9.17, 15) is 4.79 Å². The Morgan fingerprint density at radius 1 is 1.00 bits per heavy atom. The molecule has 0 fully saturated rings. The predicted molar refractivity (Wildman–Crippen MR) is 59.4 cm³/mol. The Labute approximate surface area is 87.7 Å². The molecule has 84 valence electrons. The molecule has 0 amide bonds. The molecule has 0 unspecified atom stereocenters. The van der Waals surface area contributed by atoms with Gasteiger partial charge in [0, 0.05) is 0 Å². The first kappa shape index (κ1) is 13.5. The molecule has 0 saturated heterocycles. The highest BCUT2D eigenvalue weighted by molar-refractivity contribution is 5.69. The van der Waals surface area contributed by atoms with Gasteiger partial charge < -0.3 is 5.11 Å². The first-order valence-corrected chi connectivity index (χ1v) is 5.95. The van der Waals surface area contributed by atoms with E-state index in [2.05, 4.69) is 6.92 Å². The fourth-order valence-corrected chi connectivity index (χ4v) is 1.73. The molecule has 2 nitrogen and oxygen atoms in total. The second-order valence-electron chi connectivity index (χ2n) is 4.03. The lowest BCUT2D eigenvalue weighted by atomic mass is 9.96. The Morgan fingerprint density at radius 3 is 2.14 bits per heavy atom. The molecule has 1 N–H and O–H groups in total. The summed E-state index contributed by atoms with van der Waals surface area (Å²) in [5.74, 6) is -0.705. The van der Waals surface area contributed by atoms with Gasteiger partial charge in [-0.1, -0.05) is 52.4 Å². The fourth-order valence-electron chi connectivity index (χ4n) is 1.73. The van der Waals surface area contributed by atoms with Crippen LogP contribution in [-0.4, -0.2) is 11.1 Å². The van der Waals surface area contributed by atoms with E-state index in [0.717, 1.165) is 25.7 Å². The standard InChI is InChI=1S/C12H24O2/c1-3-5-6-7-8-10-11(9-4-2)12(13)14/h11H,3-10H2,1-2H3,(H,13,14)/t11-/m0/s1. The topological polar surface area (TPSA) is 37.3 Å². The smallest absolute Gasteiger partial charge is 0.306 e. The summed E-state index contributed by atoms with van der Waals surface area (Å²) in [5.41, 5.74) is 0. The van der Waals surface area contributed by atoms with Crippen LogP contribution in [0.3, 0.4) is 0 Å². The first-order chi connectivity index (χ1) is 6.72. The molecule has 0 aromatic heterocycles. The molecule has 0 rings (SSSR count). The lowest BCUT2D eigenvalue weighted by Gasteiger charge is -2.10. The second-order valence-corrected chi connectivity index (χ2v) is 4.03. The number of carboxylic acid groups (broad SMARTS) is 1. The Kier molecular flexibility index (Phi) is 8.70. The minimum Gasteiger partial charge on any atom is -0.481 e. The van der Waals surface area contributed by atoms with Crippen LogP contribution in [0.15, 0.2) is 0 Å². The van der Waals surface area contributed by atoms with E-state index in [1.165, 1.54) is 25.7 Å². The van der Waals surface area contributed by atoms with Crippen LogP contribution in [0.5, 0.6) is 0 Å². The van der Waals surface area contributed by atoms with Crippen molar-refractivity contribution >= 4 is 5.97 Å². The normalized spacial score (nSPS) is 12.7. The first-order valence-electron chi connectivity index (χ1n) is 5.95. The van der Waals surface area contributed by atoms with Gasteiger partial charge in [-0.3, -0.25) is 4.79 Å². The van der Waals surface area contributed by atoms with E-state index in [1.807, 2.05) is 6.92 Å². The van der Waals surface area contributed by atoms with Gasteiger partial charge in [0.05, 0.1) is 5.92 Å². The van der Waals surface area contributed by atoms with Gasteiger partial charge in [0.1, 0.15) is 0 Å². The van der Waals surface area contributed by atoms with Gasteiger partial charge in [0.2, 0.25) is 0 Å². The van der Waals surface area contributed by atoms with Crippen molar-refractivity contribution in [2.75, 3.05) is 0 Å². The average Bonchev–Trinajstić information content (AvgIpc) is 2.15. The molecule has 1 atom stereocenters. The summed E-state index contributed by atoms with van der Waals surface area (Å²) < 4.78 is 0. The van der Waals surface area contributed by atoms with E-state index in [0.29, 0.717) is 0 Å². The quantitative estimate of drug-likeness (QED) is 0.574. The van der Waals surface area contributed by atoms with Gasteiger partial charge in [-0.2, -0.15) is 0 Å². The minimum atomic E-state index is -0.609. The van der Waals surface area contributed by atoms with Gasteiger partial charge in [-0.15, -0.1) is 0 Å². The average molecular weight is 200 g/mol. The summed E-state index contributed by atoms with van der Waals surface area (Å²) >= 11 is 0. The summed E-state index contributed by atoms with van der Waals surface area (Å²) in [6, 6.07) is 0. The fraction of sp³-hybridized carbons (Fsp3) is 0.917. The zero-order valence-corrected chi connectivity index (χ0v) is 9.59. The van der Waals surface area contributed by atoms with E-state index in [4.69, 9.17) is 5.11 Å². The maximum Gasteiger partial charge on any atom is 0.306 e. The minimum absolute atomic E-state index is 0.0957. The molecule has 0 spiro atoms. The van der Waals surface area contributed by atoms with Crippen molar-refractivity contribution in [2.24, 2.45) is 5.92 Å². The molecular formula is C12H24O2. The van der Waals surface area contributed by atoms with Crippen LogP contribution in [0.25, 0.3) is 0 Å². The molecule has 0 aliphatic carbocycles. The molecule has 0 aromatic rings. The highest BCUT2D eigenvalue weighted by Gasteiger charge is 2.14. The van der Waals surface area contributed by atoms with Crippen LogP contribution < -0.4 is 0 Å². The molecule has 0 saturated carbocycles. The highest BCUT2D eigenvalue weighted by atomic mass is 16.4. The maximum atomic E-state index is 10.8. The number of unbranched alkanes of at least 4 members (excludes halogenated alkanes) is 4. The zero-order chi connectivity index (χ0) is 10.8. The van der Waals surface area contributed by atoms with Gasteiger partial charge in [0.25, 0.3) is 0 Å². The lowest BCUT2D eigenvalue weighted by Crippen LogP contribution is -2.13. The van der Waals surface area contributed by atoms with Crippen LogP contribution in [0.2, 0.25) is 0 Å². The lowest BCUT2D eigenvalue weighted by molar-refractivity contribution is -0.142. The third-order valence-corrected chi connectivity index (χ3v) is 2.64. The van der Waals surface area contributed by atoms with Gasteiger partial charge in [0.15, 0.2) is 0 Å². The summed E-state index contributed by atoms with van der Waals surface area (Å²) in [4.78, 5) is 10.8. The summed E-state index contributed by atoms with van der Waals surface area (Å²) in [7, 11) is 0. The van der Waals surface area contributed by atoms with E-state index < -0.39 is 5.97 Å². The van der Waals surface area contributed by atoms with E-state index in [1.54, 1.807) is 0 Å². The Morgan fingerprint density at radius 2 is 1.64 bits per heavy atom. The third kappa shape index (κ3) is 6.93. The number of aliphatic carboxylic acids is 1. The maximum absolute atomic E-state index is 10.8. The Hall–Kier alpha value is -0.530. The van der Waals surface area contributed by atoms with Gasteiger partial charge in [-0.25, -0.2) is 0 Å². The number of carbonyl (C=O) groups is 1. The van der Waals surface area contributed by atoms with Gasteiger partial charge in [-0.05, 0) is 12.8 Å². The summed E-state index contributed by atoms with van der Waals surface area (Å²) in [6.45, 7) is 4.24. The Balaban J connectivity index is 3.46. The largest absolute Gasteiger partial charge is 0.481 e. The van der Waals surface area contributed by atoms with Crippen molar-refractivity contribution < 1.29 is 9.90 Å². The van der Waals surface area contributed by atoms with Crippen molar-refractivity contribution in [1.82, 2.24) is 0 Å². The van der Waals surface area contributed by atoms with Crippen LogP contribution >= 0.6 is 0 Å². The van der Waals surface area contributed by atoms with Crippen LogP contribution in [0.4, 0.5) is 0 Å². The van der Waals surface area contributed by atoms with Crippen LogP contribution in [-0.2, 0) is 4.79 Å². The highest BCUT2D eigenvalue weighted by Crippen LogP contribution is 2.16. The zero-order valence-electron chi connectivity index (χ0n) is 9.59. The number of hydrogen-bond donors (Lipinski definition) is 1. The molecule has 0 aromatic carbocycles. The molecule has 0 aliphatic rings. The summed E-state index contributed by atoms with van der Waals surface area (Å²) in [6.07, 6.45) is 8.75. The Bertz CT molecular complexity index is 143. The molecule has 0 aliphatic heterocycles. The number of carboxylic acids is 1. The second kappa shape index (κ2) is 9.04. The van der Waals surface area contributed by atoms with Crippen molar-refractivity contribution in [3.63, 3.8) is 0 Å². The number of rotatable bonds is 9. The van der Waals surface area contributed by atoms with Crippen LogP contribution in [0, 0.1) is 5.92 Å². The molecule has 0 bridgehead atoms. The molecule has 0 radical (unpaired) electrons. The monoisotopic (exact) mass is 200 g/mol. The van der Waals surface area contributed by atoms with Crippen molar-refractivity contribution in [3.8, 4) is 0 Å². The van der Waals surface area contributed by atoms with E-state index >= 15 is 0 Å². The predicted octanol–water partition coefficient (Wildman–Crippen LogP) is 3.85. The molecule has 0 heterocycles. The summed E-state index contributed by atoms with van der Waals surface area (Å²) in [5, 5.41) is 8.91.